The van der Waals surface area contributed by atoms with Gasteiger partial charge in [0.1, 0.15) is 23.5 Å². The molecule has 0 heterocycles. The van der Waals surface area contributed by atoms with Crippen molar-refractivity contribution in [3.8, 4) is 17.6 Å². The molecule has 0 bridgehead atoms. The maximum Gasteiger partial charge on any atom is 1.00 e. The first-order chi connectivity index (χ1) is 19.1. The minimum absolute atomic E-state index is 0. The van der Waals surface area contributed by atoms with Crippen LogP contribution < -0.4 is 66.0 Å². The van der Waals surface area contributed by atoms with Gasteiger partial charge in [-0.05, 0) is 55.5 Å². The van der Waals surface area contributed by atoms with E-state index in [2.05, 4.69) is 4.85 Å². The van der Waals surface area contributed by atoms with Crippen LogP contribution >= 0.6 is 23.2 Å². The number of halogens is 2. The van der Waals surface area contributed by atoms with E-state index < -0.39 is 21.2 Å². The van der Waals surface area contributed by atoms with E-state index in [9.17, 15) is 18.3 Å². The van der Waals surface area contributed by atoms with Crippen LogP contribution in [0.1, 0.15) is 42.3 Å². The van der Waals surface area contributed by atoms with Crippen molar-refractivity contribution in [3.63, 3.8) is 0 Å². The molecule has 220 valence electrons. The molecular weight excluding hydrogens is 626 g/mol. The van der Waals surface area contributed by atoms with Crippen molar-refractivity contribution in [3.05, 3.63) is 98.8 Å². The number of methoxy groups -OCH3 is 2. The molecule has 0 radical (unpaired) electrons. The first-order valence-corrected chi connectivity index (χ1v) is 14.3. The molecule has 42 heavy (non-hydrogen) atoms. The van der Waals surface area contributed by atoms with Crippen LogP contribution in [0.5, 0.6) is 11.5 Å². The Morgan fingerprint density at radius 2 is 1.45 bits per heavy atom. The SMILES string of the molecule is CC(C)(C)[O-].COc1ccc(C=O)cc1Cl.Cc1ccc(S(=O)(=O)CC#N)cc1.[C-]#[N+]Cc1ccc(OC)c(Cl)c1.[K+]. The fourth-order valence-corrected chi connectivity index (χ4v) is 4.00. The number of hydrogen-bond donors (Lipinski definition) is 0. The topological polar surface area (TPSA) is 121 Å². The molecule has 0 aromatic heterocycles. The Kier molecular flexibility index (Phi) is 21.8. The Bertz CT molecular complexity index is 1440. The van der Waals surface area contributed by atoms with Crippen LogP contribution in [0.15, 0.2) is 65.6 Å². The van der Waals surface area contributed by atoms with Gasteiger partial charge in [0.2, 0.25) is 6.54 Å². The molecule has 0 amide bonds. The van der Waals surface area contributed by atoms with E-state index in [4.69, 9.17) is 44.5 Å². The molecule has 3 aromatic rings. The van der Waals surface area contributed by atoms with E-state index in [1.807, 2.05) is 13.0 Å². The van der Waals surface area contributed by atoms with Crippen LogP contribution in [-0.2, 0) is 16.4 Å². The normalized spacial score (nSPS) is 9.79. The summed E-state index contributed by atoms with van der Waals surface area (Å²) in [5, 5.41) is 19.4. The van der Waals surface area contributed by atoms with Crippen molar-refractivity contribution in [1.29, 1.82) is 5.26 Å². The minimum atomic E-state index is -3.39. The smallest absolute Gasteiger partial charge is 0.850 e. The van der Waals surface area contributed by atoms with Gasteiger partial charge in [0.05, 0.1) is 35.2 Å². The van der Waals surface area contributed by atoms with Crippen LogP contribution in [0.2, 0.25) is 10.0 Å². The minimum Gasteiger partial charge on any atom is -0.850 e. The number of nitrogens with zero attached hydrogens (tertiary/aromatic N) is 2. The number of rotatable bonds is 6. The van der Waals surface area contributed by atoms with E-state index in [0.717, 1.165) is 17.4 Å². The predicted molar refractivity (Wildman–Crippen MR) is 160 cm³/mol. The number of benzene rings is 3. The van der Waals surface area contributed by atoms with Gasteiger partial charge < -0.3 is 19.4 Å². The van der Waals surface area contributed by atoms with Crippen molar-refractivity contribution in [2.24, 2.45) is 0 Å². The summed E-state index contributed by atoms with van der Waals surface area (Å²) in [4.78, 5) is 13.7. The predicted octanol–water partition coefficient (Wildman–Crippen LogP) is 3.37. The molecule has 8 nitrogen and oxygen atoms in total. The van der Waals surface area contributed by atoms with Crippen LogP contribution in [0.25, 0.3) is 4.85 Å². The van der Waals surface area contributed by atoms with Crippen LogP contribution in [-0.4, -0.2) is 40.3 Å². The summed E-state index contributed by atoms with van der Waals surface area (Å²) in [5.74, 6) is 0.762. The first kappa shape index (κ1) is 42.2. The second-order valence-electron chi connectivity index (χ2n) is 9.14. The molecule has 12 heteroatoms. The molecule has 0 fully saturated rings. The van der Waals surface area contributed by atoms with Gasteiger partial charge in [-0.1, -0.05) is 61.7 Å². The Morgan fingerprint density at radius 1 is 0.976 bits per heavy atom. The second kappa shape index (κ2) is 21.7. The number of sulfone groups is 1. The summed E-state index contributed by atoms with van der Waals surface area (Å²) in [5.41, 5.74) is 1.71. The number of hydrogen-bond acceptors (Lipinski definition) is 7. The van der Waals surface area contributed by atoms with Gasteiger partial charge in [-0.25, -0.2) is 15.0 Å². The fraction of sp³-hybridized carbons (Fsp3) is 0.300. The third kappa shape index (κ3) is 18.5. The largest absolute Gasteiger partial charge is 1.00 e. The number of aryl methyl sites for hydroxylation is 1. The summed E-state index contributed by atoms with van der Waals surface area (Å²) < 4.78 is 32.5. The van der Waals surface area contributed by atoms with E-state index in [1.165, 1.54) is 19.2 Å². The summed E-state index contributed by atoms with van der Waals surface area (Å²) in [6.07, 6.45) is 0.741. The zero-order chi connectivity index (χ0) is 31.6. The van der Waals surface area contributed by atoms with Crippen molar-refractivity contribution < 1.29 is 79.2 Å². The molecule has 0 unspecified atom stereocenters. The van der Waals surface area contributed by atoms with Gasteiger partial charge >= 0.3 is 51.4 Å². The van der Waals surface area contributed by atoms with Gasteiger partial charge in [-0.3, -0.25) is 4.79 Å². The monoisotopic (exact) mass is 658 g/mol. The molecular formula is C30H33Cl2KN2O6S. The Balaban J connectivity index is 0. The zero-order valence-electron chi connectivity index (χ0n) is 24.8. The Labute approximate surface area is 301 Å². The van der Waals surface area contributed by atoms with E-state index in [0.29, 0.717) is 33.7 Å². The number of carbonyl (C=O) groups is 1. The standard InChI is InChI=1S/C9H8ClNO.C9H9NO2S.C8H7ClO2.C4H9O.K/c1-11-6-7-3-4-9(12-2)8(10)5-7;1-8-2-4-9(5-3-8)13(11,12)7-6-10;1-11-8-3-2-6(5-10)4-7(8)9;1-4(2,3)5;/h3-5H,6H2,2H3;2-5H,7H2,1H3;2-5H,1H3;1-3H3;/q;;;-1;+1. The molecule has 0 saturated heterocycles. The molecule has 0 aliphatic rings. The summed E-state index contributed by atoms with van der Waals surface area (Å²) in [6.45, 7) is 13.8. The van der Waals surface area contributed by atoms with Crippen LogP contribution in [0.3, 0.4) is 0 Å². The first-order valence-electron chi connectivity index (χ1n) is 11.9. The van der Waals surface area contributed by atoms with E-state index >= 15 is 0 Å². The fourth-order valence-electron chi connectivity index (χ4n) is 2.57. The molecule has 0 aliphatic carbocycles. The summed E-state index contributed by atoms with van der Waals surface area (Å²) in [6, 6.07) is 18.3. The molecule has 3 rings (SSSR count). The van der Waals surface area contributed by atoms with Gasteiger partial charge in [-0.2, -0.15) is 5.26 Å². The van der Waals surface area contributed by atoms with Gasteiger partial charge in [-0.15, -0.1) is 5.60 Å². The average molecular weight is 660 g/mol. The number of nitriles is 1. The molecule has 0 saturated carbocycles. The van der Waals surface area contributed by atoms with E-state index in [1.54, 1.807) is 76.4 Å². The number of carbonyl (C=O) groups excluding carboxylic acids is 1. The average Bonchev–Trinajstić information content (AvgIpc) is 2.89. The maximum absolute atomic E-state index is 11.3. The number of ether oxygens (including phenoxy) is 2. The van der Waals surface area contributed by atoms with Crippen LogP contribution in [0, 0.1) is 24.8 Å². The van der Waals surface area contributed by atoms with Crippen molar-refractivity contribution in [2.45, 2.75) is 44.7 Å². The number of aldehydes is 1. The molecule has 0 atom stereocenters. The second-order valence-corrected chi connectivity index (χ2v) is 11.9. The van der Waals surface area contributed by atoms with Crippen molar-refractivity contribution in [2.75, 3.05) is 20.0 Å². The Hall–Kier alpha value is -1.96. The quantitative estimate of drug-likeness (QED) is 0.226. The van der Waals surface area contributed by atoms with Crippen molar-refractivity contribution in [1.82, 2.24) is 0 Å². The van der Waals surface area contributed by atoms with Crippen molar-refractivity contribution >= 4 is 39.3 Å². The molecule has 3 aromatic carbocycles. The zero-order valence-corrected chi connectivity index (χ0v) is 30.2. The van der Waals surface area contributed by atoms with Gasteiger partial charge in [0.25, 0.3) is 0 Å². The molecule has 0 N–H and O–H groups in total. The molecule has 0 spiro atoms. The third-order valence-corrected chi connectivity index (χ3v) is 6.51. The van der Waals surface area contributed by atoms with Gasteiger partial charge in [0, 0.05) is 11.1 Å². The van der Waals surface area contributed by atoms with Crippen LogP contribution in [0.4, 0.5) is 0 Å². The third-order valence-electron chi connectivity index (χ3n) is 4.42. The summed E-state index contributed by atoms with van der Waals surface area (Å²) in [7, 11) is -0.293. The van der Waals surface area contributed by atoms with E-state index in [-0.39, 0.29) is 56.3 Å². The maximum atomic E-state index is 11.3. The van der Waals surface area contributed by atoms with Gasteiger partial charge in [0.15, 0.2) is 9.84 Å². The Morgan fingerprint density at radius 3 is 1.83 bits per heavy atom. The molecule has 0 aliphatic heterocycles. The summed E-state index contributed by atoms with van der Waals surface area (Å²) >= 11 is 11.6.